The molecular weight excluding hydrogens is 266 g/mol. The Hall–Kier alpha value is -1.10. The fourth-order valence-corrected chi connectivity index (χ4v) is 3.66. The first-order valence-electron chi connectivity index (χ1n) is 8.00. The van der Waals surface area contributed by atoms with Gasteiger partial charge in [0.05, 0.1) is 0 Å². The Balaban J connectivity index is 2.76. The molecule has 1 rings (SSSR count). The predicted molar refractivity (Wildman–Crippen MR) is 84.7 cm³/mol. The molecule has 1 aliphatic heterocycles. The second-order valence-corrected chi connectivity index (χ2v) is 7.40. The van der Waals surface area contributed by atoms with Crippen LogP contribution in [0.5, 0.6) is 0 Å². The topological polar surface area (TPSA) is 75.4 Å². The van der Waals surface area contributed by atoms with E-state index >= 15 is 0 Å². The predicted octanol–water partition coefficient (Wildman–Crippen LogP) is 1.80. The fraction of sp³-hybridized carbons (Fsp3) is 0.875. The van der Waals surface area contributed by atoms with Gasteiger partial charge in [0, 0.05) is 23.7 Å². The molecule has 0 aromatic heterocycles. The Kier molecular flexibility index (Phi) is 5.79. The molecule has 0 aromatic rings. The van der Waals surface area contributed by atoms with Crippen molar-refractivity contribution in [3.8, 4) is 0 Å². The molecule has 1 fully saturated rings. The van der Waals surface area contributed by atoms with E-state index < -0.39 is 22.9 Å². The van der Waals surface area contributed by atoms with Crippen molar-refractivity contribution in [1.29, 1.82) is 0 Å². The van der Waals surface area contributed by atoms with Crippen LogP contribution in [0.25, 0.3) is 0 Å². The lowest BCUT2D eigenvalue weighted by atomic mass is 9.77. The molecule has 3 N–H and O–H groups in total. The largest absolute Gasteiger partial charge is 0.348 e. The number of nitrogens with zero attached hydrogens (tertiary/aromatic N) is 1. The van der Waals surface area contributed by atoms with Crippen molar-refractivity contribution in [2.75, 3.05) is 6.54 Å². The number of amides is 2. The van der Waals surface area contributed by atoms with Crippen molar-refractivity contribution >= 4 is 11.8 Å². The second kappa shape index (κ2) is 6.77. The minimum absolute atomic E-state index is 0.0617. The van der Waals surface area contributed by atoms with Gasteiger partial charge in [-0.05, 0) is 47.0 Å². The third kappa shape index (κ3) is 4.43. The van der Waals surface area contributed by atoms with E-state index in [0.717, 1.165) is 19.3 Å². The summed E-state index contributed by atoms with van der Waals surface area (Å²) in [5.74, 6) is -0.934. The number of hydrogen-bond donors (Lipinski definition) is 2. The van der Waals surface area contributed by atoms with Crippen molar-refractivity contribution < 1.29 is 9.59 Å². The maximum absolute atomic E-state index is 12.6. The highest BCUT2D eigenvalue weighted by atomic mass is 16.2. The minimum Gasteiger partial charge on any atom is -0.348 e. The summed E-state index contributed by atoms with van der Waals surface area (Å²) in [7, 11) is 0. The Morgan fingerprint density at radius 2 is 1.67 bits per heavy atom. The lowest BCUT2D eigenvalue weighted by Gasteiger charge is -2.54. The first kappa shape index (κ1) is 18.0. The molecule has 0 bridgehead atoms. The van der Waals surface area contributed by atoms with E-state index in [-0.39, 0.29) is 6.04 Å². The third-order valence-electron chi connectivity index (χ3n) is 4.20. The zero-order valence-electron chi connectivity index (χ0n) is 14.2. The summed E-state index contributed by atoms with van der Waals surface area (Å²) in [4.78, 5) is 26.4. The normalized spacial score (nSPS) is 21.1. The number of carbonyl (C=O) groups is 2. The maximum Gasteiger partial charge on any atom is 0.312 e. The zero-order chi connectivity index (χ0) is 16.3. The molecule has 1 saturated heterocycles. The van der Waals surface area contributed by atoms with Crippen molar-refractivity contribution in [2.24, 2.45) is 5.73 Å². The molecule has 21 heavy (non-hydrogen) atoms. The summed E-state index contributed by atoms with van der Waals surface area (Å²) in [6, 6.07) is 0.0617. The lowest BCUT2D eigenvalue weighted by molar-refractivity contribution is -0.159. The monoisotopic (exact) mass is 297 g/mol. The minimum atomic E-state index is -0.497. The number of nitrogens with two attached hydrogens (primary N) is 1. The molecule has 0 saturated carbocycles. The van der Waals surface area contributed by atoms with Gasteiger partial charge in [0.15, 0.2) is 0 Å². The molecule has 0 spiro atoms. The molecule has 0 aliphatic carbocycles. The molecule has 0 unspecified atom stereocenters. The number of rotatable bonds is 4. The number of hydrogen-bond acceptors (Lipinski definition) is 3. The van der Waals surface area contributed by atoms with Crippen LogP contribution in [0.2, 0.25) is 0 Å². The van der Waals surface area contributed by atoms with Crippen molar-refractivity contribution in [3.63, 3.8) is 0 Å². The Labute approximate surface area is 128 Å². The first-order chi connectivity index (χ1) is 9.62. The number of carbonyl (C=O) groups excluding carboxylic acids is 2. The van der Waals surface area contributed by atoms with Gasteiger partial charge in [0.2, 0.25) is 0 Å². The van der Waals surface area contributed by atoms with Gasteiger partial charge in [-0.15, -0.1) is 0 Å². The van der Waals surface area contributed by atoms with Gasteiger partial charge in [0.1, 0.15) is 0 Å². The van der Waals surface area contributed by atoms with Crippen molar-refractivity contribution in [2.45, 2.75) is 83.8 Å². The quantitative estimate of drug-likeness (QED) is 0.614. The van der Waals surface area contributed by atoms with Gasteiger partial charge in [-0.3, -0.25) is 9.59 Å². The van der Waals surface area contributed by atoms with Crippen LogP contribution in [0.1, 0.15) is 66.7 Å². The van der Waals surface area contributed by atoms with Crippen LogP contribution in [0, 0.1) is 0 Å². The number of nitrogens with one attached hydrogen (secondary N) is 1. The Bertz CT molecular complexity index is 373. The van der Waals surface area contributed by atoms with Gasteiger partial charge in [-0.1, -0.05) is 19.8 Å². The molecular formula is C16H31N3O2. The SMILES string of the molecule is CCCCCNC(=O)C(=O)N1C(C)(C)CC(N)CC1(C)C. The molecule has 0 radical (unpaired) electrons. The lowest BCUT2D eigenvalue weighted by Crippen LogP contribution is -2.67. The first-order valence-corrected chi connectivity index (χ1v) is 8.00. The van der Waals surface area contributed by atoms with E-state index in [2.05, 4.69) is 12.2 Å². The highest BCUT2D eigenvalue weighted by molar-refractivity contribution is 6.35. The van der Waals surface area contributed by atoms with Gasteiger partial charge >= 0.3 is 11.8 Å². The Morgan fingerprint density at radius 1 is 1.14 bits per heavy atom. The van der Waals surface area contributed by atoms with Gasteiger partial charge in [0.25, 0.3) is 0 Å². The molecule has 1 aliphatic rings. The molecule has 0 atom stereocenters. The summed E-state index contributed by atoms with van der Waals surface area (Å²) in [5, 5.41) is 2.74. The van der Waals surface area contributed by atoms with Crippen LogP contribution >= 0.6 is 0 Å². The molecule has 5 heteroatoms. The van der Waals surface area contributed by atoms with Crippen LogP contribution < -0.4 is 11.1 Å². The average molecular weight is 297 g/mol. The summed E-state index contributed by atoms with van der Waals surface area (Å²) >= 11 is 0. The fourth-order valence-electron chi connectivity index (χ4n) is 3.66. The van der Waals surface area contributed by atoms with E-state index in [4.69, 9.17) is 5.73 Å². The number of likely N-dealkylation sites (tertiary alicyclic amines) is 1. The van der Waals surface area contributed by atoms with Crippen LogP contribution in [-0.2, 0) is 9.59 Å². The number of unbranched alkanes of at least 4 members (excludes halogenated alkanes) is 2. The zero-order valence-corrected chi connectivity index (χ0v) is 14.2. The van der Waals surface area contributed by atoms with Crippen LogP contribution in [-0.4, -0.2) is 40.4 Å². The molecule has 5 nitrogen and oxygen atoms in total. The van der Waals surface area contributed by atoms with Gasteiger partial charge in [-0.2, -0.15) is 0 Å². The highest BCUT2D eigenvalue weighted by Crippen LogP contribution is 2.37. The standard InChI is InChI=1S/C16H31N3O2/c1-6-7-8-9-18-13(20)14(21)19-15(2,3)10-12(17)11-16(19,4)5/h12H,6-11,17H2,1-5H3,(H,18,20). The van der Waals surface area contributed by atoms with Gasteiger partial charge in [-0.25, -0.2) is 0 Å². The molecule has 1 heterocycles. The molecule has 2 amide bonds. The van der Waals surface area contributed by atoms with Gasteiger partial charge < -0.3 is 16.0 Å². The van der Waals surface area contributed by atoms with Crippen molar-refractivity contribution in [3.05, 3.63) is 0 Å². The summed E-state index contributed by atoms with van der Waals surface area (Å²) in [5.41, 5.74) is 5.29. The van der Waals surface area contributed by atoms with Crippen LogP contribution in [0.3, 0.4) is 0 Å². The summed E-state index contributed by atoms with van der Waals surface area (Å²) in [6.45, 7) is 10.6. The van der Waals surface area contributed by atoms with E-state index in [1.54, 1.807) is 4.90 Å². The molecule has 0 aromatic carbocycles. The van der Waals surface area contributed by atoms with Crippen molar-refractivity contribution in [1.82, 2.24) is 10.2 Å². The Morgan fingerprint density at radius 3 is 2.14 bits per heavy atom. The average Bonchev–Trinajstić information content (AvgIpc) is 2.30. The molecule has 122 valence electrons. The summed E-state index contributed by atoms with van der Waals surface area (Å²) < 4.78 is 0. The van der Waals surface area contributed by atoms with Crippen LogP contribution in [0.15, 0.2) is 0 Å². The summed E-state index contributed by atoms with van der Waals surface area (Å²) in [6.07, 6.45) is 4.49. The van der Waals surface area contributed by atoms with E-state index in [0.29, 0.717) is 19.4 Å². The second-order valence-electron chi connectivity index (χ2n) is 7.40. The highest BCUT2D eigenvalue weighted by Gasteiger charge is 2.48. The van der Waals surface area contributed by atoms with E-state index in [1.165, 1.54) is 0 Å². The van der Waals surface area contributed by atoms with E-state index in [9.17, 15) is 9.59 Å². The van der Waals surface area contributed by atoms with E-state index in [1.807, 2.05) is 27.7 Å². The maximum atomic E-state index is 12.6. The van der Waals surface area contributed by atoms with Crippen LogP contribution in [0.4, 0.5) is 0 Å². The number of piperidine rings is 1. The smallest absolute Gasteiger partial charge is 0.312 e. The third-order valence-corrected chi connectivity index (χ3v) is 4.20.